The molecule has 11 heteroatoms. The number of halogens is 5. The topological polar surface area (TPSA) is 70.0 Å². The zero-order valence-electron chi connectivity index (χ0n) is 12.1. The molecular weight excluding hydrogens is 382 g/mol. The van der Waals surface area contributed by atoms with Crippen LogP contribution >= 0.6 is 23.2 Å². The van der Waals surface area contributed by atoms with Gasteiger partial charge in [0.25, 0.3) is 5.91 Å². The van der Waals surface area contributed by atoms with Crippen molar-refractivity contribution in [2.75, 3.05) is 0 Å². The van der Waals surface area contributed by atoms with Gasteiger partial charge in [-0.25, -0.2) is 5.01 Å². The van der Waals surface area contributed by atoms with Gasteiger partial charge in [0.2, 0.25) is 6.17 Å². The molecule has 1 unspecified atom stereocenters. The van der Waals surface area contributed by atoms with Gasteiger partial charge in [0.1, 0.15) is 5.69 Å². The van der Waals surface area contributed by atoms with Gasteiger partial charge in [0.05, 0.1) is 21.2 Å². The average molecular weight is 390 g/mol. The van der Waals surface area contributed by atoms with Crippen LogP contribution in [0.2, 0.25) is 10.0 Å². The van der Waals surface area contributed by atoms with Crippen LogP contribution in [0.4, 0.5) is 13.2 Å². The van der Waals surface area contributed by atoms with E-state index in [2.05, 4.69) is 20.9 Å². The lowest BCUT2D eigenvalue weighted by molar-refractivity contribution is -0.137. The van der Waals surface area contributed by atoms with E-state index in [4.69, 9.17) is 23.2 Å². The maximum atomic E-state index is 12.7. The fraction of sp³-hybridized carbons (Fsp3) is 0.143. The van der Waals surface area contributed by atoms with Gasteiger partial charge in [-0.1, -0.05) is 40.6 Å². The van der Waals surface area contributed by atoms with E-state index in [-0.39, 0.29) is 21.3 Å². The third-order valence-corrected chi connectivity index (χ3v) is 3.96. The monoisotopic (exact) mass is 389 g/mol. The Balaban J connectivity index is 1.93. The molecule has 1 aliphatic rings. The molecule has 0 bridgehead atoms. The largest absolute Gasteiger partial charge is 0.417 e. The SMILES string of the molecule is O=C(c1ccccc1Cl)N1NN=NC1c1ncc(C(F)(F)F)cc1Cl. The summed E-state index contributed by atoms with van der Waals surface area (Å²) in [5.74, 6) is -0.585. The first-order valence-electron chi connectivity index (χ1n) is 6.75. The number of carbonyl (C=O) groups is 1. The number of aromatic nitrogens is 1. The molecule has 3 rings (SSSR count). The maximum Gasteiger partial charge on any atom is 0.417 e. The lowest BCUT2D eigenvalue weighted by Crippen LogP contribution is -2.39. The van der Waals surface area contributed by atoms with Crippen LogP contribution in [-0.4, -0.2) is 15.9 Å². The fourth-order valence-electron chi connectivity index (χ4n) is 2.13. The lowest BCUT2D eigenvalue weighted by Gasteiger charge is -2.21. The molecule has 25 heavy (non-hydrogen) atoms. The second-order valence-electron chi connectivity index (χ2n) is 4.93. The van der Waals surface area contributed by atoms with Crippen LogP contribution in [0.15, 0.2) is 46.9 Å². The minimum Gasteiger partial charge on any atom is -0.267 e. The average Bonchev–Trinajstić information content (AvgIpc) is 3.03. The van der Waals surface area contributed by atoms with E-state index in [9.17, 15) is 18.0 Å². The number of nitrogens with zero attached hydrogens (tertiary/aromatic N) is 4. The van der Waals surface area contributed by atoms with Gasteiger partial charge in [-0.05, 0) is 18.2 Å². The minimum atomic E-state index is -4.59. The van der Waals surface area contributed by atoms with Gasteiger partial charge < -0.3 is 0 Å². The highest BCUT2D eigenvalue weighted by molar-refractivity contribution is 6.33. The molecule has 0 saturated heterocycles. The molecule has 1 N–H and O–H groups in total. The molecule has 0 radical (unpaired) electrons. The second-order valence-corrected chi connectivity index (χ2v) is 5.75. The van der Waals surface area contributed by atoms with Gasteiger partial charge in [-0.2, -0.15) is 18.7 Å². The molecule has 0 spiro atoms. The maximum absolute atomic E-state index is 12.7. The van der Waals surface area contributed by atoms with Gasteiger partial charge in [-0.3, -0.25) is 9.78 Å². The van der Waals surface area contributed by atoms with E-state index in [1.54, 1.807) is 12.1 Å². The first-order chi connectivity index (χ1) is 11.8. The predicted molar refractivity (Wildman–Crippen MR) is 82.6 cm³/mol. The number of alkyl halides is 3. The van der Waals surface area contributed by atoms with Crippen molar-refractivity contribution in [2.24, 2.45) is 10.3 Å². The Bertz CT molecular complexity index is 859. The highest BCUT2D eigenvalue weighted by atomic mass is 35.5. The highest BCUT2D eigenvalue weighted by Gasteiger charge is 2.36. The third kappa shape index (κ3) is 3.38. The van der Waals surface area contributed by atoms with Crippen LogP contribution in [0.5, 0.6) is 0 Å². The highest BCUT2D eigenvalue weighted by Crippen LogP contribution is 2.35. The van der Waals surface area contributed by atoms with Crippen molar-refractivity contribution in [3.63, 3.8) is 0 Å². The molecule has 1 aromatic heterocycles. The number of hydrazine groups is 1. The van der Waals surface area contributed by atoms with Gasteiger partial charge in [0, 0.05) is 6.20 Å². The van der Waals surface area contributed by atoms with Crippen LogP contribution in [0, 0.1) is 0 Å². The van der Waals surface area contributed by atoms with Crippen molar-refractivity contribution in [3.8, 4) is 0 Å². The summed E-state index contributed by atoms with van der Waals surface area (Å²) in [5.41, 5.74) is 1.47. The molecule has 1 aromatic carbocycles. The molecule has 6 nitrogen and oxygen atoms in total. The standard InChI is InChI=1S/C14H8Cl2F3N5O/c15-9-4-2-1-3-8(9)13(25)24-12(21-22-23-24)11-10(16)5-7(6-20-11)14(17,18)19/h1-6,12H,(H,21,23). The summed E-state index contributed by atoms with van der Waals surface area (Å²) in [7, 11) is 0. The number of hydrogen-bond donors (Lipinski definition) is 1. The Hall–Kier alpha value is -2.39. The Morgan fingerprint density at radius 3 is 2.56 bits per heavy atom. The molecule has 0 fully saturated rings. The van der Waals surface area contributed by atoms with Crippen molar-refractivity contribution in [1.29, 1.82) is 0 Å². The van der Waals surface area contributed by atoms with E-state index in [0.717, 1.165) is 11.1 Å². The Morgan fingerprint density at radius 2 is 1.92 bits per heavy atom. The Labute approximate surface area is 149 Å². The number of rotatable bonds is 2. The number of hydrogen-bond acceptors (Lipinski definition) is 5. The Kier molecular flexibility index (Phi) is 4.53. The summed E-state index contributed by atoms with van der Waals surface area (Å²) < 4.78 is 38.1. The smallest absolute Gasteiger partial charge is 0.267 e. The molecule has 2 heterocycles. The lowest BCUT2D eigenvalue weighted by atomic mass is 10.2. The number of amides is 1. The van der Waals surface area contributed by atoms with Crippen molar-refractivity contribution in [2.45, 2.75) is 12.3 Å². The number of carbonyl (C=O) groups excluding carboxylic acids is 1. The third-order valence-electron chi connectivity index (χ3n) is 3.33. The van der Waals surface area contributed by atoms with Crippen LogP contribution in [0.1, 0.15) is 27.8 Å². The van der Waals surface area contributed by atoms with Crippen molar-refractivity contribution >= 4 is 29.1 Å². The Morgan fingerprint density at radius 1 is 1.20 bits per heavy atom. The molecule has 1 atom stereocenters. The number of nitrogens with one attached hydrogen (secondary N) is 1. The molecule has 130 valence electrons. The minimum absolute atomic E-state index is 0.0520. The molecule has 0 aliphatic carbocycles. The predicted octanol–water partition coefficient (Wildman–Crippen LogP) is 4.43. The van der Waals surface area contributed by atoms with Crippen LogP contribution in [-0.2, 0) is 6.18 Å². The summed E-state index contributed by atoms with van der Waals surface area (Å²) in [6, 6.07) is 7.00. The summed E-state index contributed by atoms with van der Waals surface area (Å²) >= 11 is 11.9. The fourth-order valence-corrected chi connectivity index (χ4v) is 2.61. The van der Waals surface area contributed by atoms with Crippen molar-refractivity contribution in [1.82, 2.24) is 15.5 Å². The van der Waals surface area contributed by atoms with Gasteiger partial charge in [0.15, 0.2) is 0 Å². The van der Waals surface area contributed by atoms with E-state index in [0.29, 0.717) is 6.20 Å². The van der Waals surface area contributed by atoms with Crippen molar-refractivity contribution < 1.29 is 18.0 Å². The summed E-state index contributed by atoms with van der Waals surface area (Å²) in [5, 5.41) is 8.17. The number of pyridine rings is 1. The summed E-state index contributed by atoms with van der Waals surface area (Å²) in [6.07, 6.45) is -5.09. The van der Waals surface area contributed by atoms with Gasteiger partial charge >= 0.3 is 6.18 Å². The first kappa shape index (κ1) is 17.4. The van der Waals surface area contributed by atoms with Crippen LogP contribution in [0.3, 0.4) is 0 Å². The second kappa shape index (κ2) is 6.49. The van der Waals surface area contributed by atoms with E-state index in [1.807, 2.05) is 0 Å². The molecule has 2 aromatic rings. The quantitative estimate of drug-likeness (QED) is 0.825. The molecule has 1 amide bonds. The van der Waals surface area contributed by atoms with E-state index in [1.165, 1.54) is 12.1 Å². The molecular formula is C14H8Cl2F3N5O. The zero-order valence-corrected chi connectivity index (χ0v) is 13.6. The van der Waals surface area contributed by atoms with Crippen LogP contribution in [0.25, 0.3) is 0 Å². The molecule has 0 saturated carbocycles. The summed E-state index contributed by atoms with van der Waals surface area (Å²) in [4.78, 5) is 16.3. The number of benzene rings is 1. The normalized spacial score (nSPS) is 16.8. The molecule has 1 aliphatic heterocycles. The van der Waals surface area contributed by atoms with E-state index >= 15 is 0 Å². The van der Waals surface area contributed by atoms with Crippen molar-refractivity contribution in [3.05, 3.63) is 63.4 Å². The van der Waals surface area contributed by atoms with Gasteiger partial charge in [-0.15, -0.1) is 5.11 Å². The zero-order chi connectivity index (χ0) is 18.2. The van der Waals surface area contributed by atoms with E-state index < -0.39 is 23.8 Å². The summed E-state index contributed by atoms with van der Waals surface area (Å²) in [6.45, 7) is 0. The van der Waals surface area contributed by atoms with Crippen LogP contribution < -0.4 is 5.53 Å². The first-order valence-corrected chi connectivity index (χ1v) is 7.51.